The molecule has 0 bridgehead atoms. The van der Waals surface area contributed by atoms with Gasteiger partial charge in [-0.2, -0.15) is 0 Å². The topological polar surface area (TPSA) is 166 Å². The molecule has 5 N–H and O–H groups in total. The summed E-state index contributed by atoms with van der Waals surface area (Å²) in [4.78, 5) is 46.3. The van der Waals surface area contributed by atoms with Gasteiger partial charge >= 0.3 is 11.9 Å². The molecule has 1 aromatic heterocycles. The standard InChI is InChI=1S/C15H19IN2O8/c16-8-10(20)17-6-4-9(19)7-15(14(25)26,5-3-13(23)24)18-11(21)1-2-12(18)22/h1-2,21-22H,3-8H2,(H,17,20)(H,23,24)(H,25,26). The number of carbonyl (C=O) groups excluding carboxylic acids is 2. The van der Waals surface area contributed by atoms with E-state index in [-0.39, 0.29) is 23.3 Å². The fraction of sp³-hybridized carbons (Fsp3) is 0.467. The van der Waals surface area contributed by atoms with Crippen LogP contribution in [0.4, 0.5) is 0 Å². The predicted molar refractivity (Wildman–Crippen MR) is 96.4 cm³/mol. The number of aromatic hydroxyl groups is 2. The number of alkyl halides is 1. The van der Waals surface area contributed by atoms with Crippen LogP contribution >= 0.6 is 22.6 Å². The van der Waals surface area contributed by atoms with Crippen LogP contribution in [0.1, 0.15) is 25.7 Å². The Morgan fingerprint density at radius 1 is 1.08 bits per heavy atom. The summed E-state index contributed by atoms with van der Waals surface area (Å²) in [6, 6.07) is 2.08. The van der Waals surface area contributed by atoms with Crippen molar-refractivity contribution in [3.63, 3.8) is 0 Å². The molecule has 0 saturated carbocycles. The lowest BCUT2D eigenvalue weighted by molar-refractivity contribution is -0.152. The van der Waals surface area contributed by atoms with Gasteiger partial charge in [-0.3, -0.25) is 19.0 Å². The Balaban J connectivity index is 3.11. The van der Waals surface area contributed by atoms with Crippen LogP contribution in [0.5, 0.6) is 11.8 Å². The first-order valence-corrected chi connectivity index (χ1v) is 9.06. The SMILES string of the molecule is O=C(O)CCC(CC(=O)CCNC(=O)CI)(C(=O)O)n1c(O)ccc1O. The zero-order chi connectivity index (χ0) is 19.9. The summed E-state index contributed by atoms with van der Waals surface area (Å²) in [7, 11) is 0. The maximum absolute atomic E-state index is 12.3. The summed E-state index contributed by atoms with van der Waals surface area (Å²) in [5, 5.41) is 40.9. The van der Waals surface area contributed by atoms with E-state index in [4.69, 9.17) is 5.11 Å². The third-order valence-corrected chi connectivity index (χ3v) is 4.45. The lowest BCUT2D eigenvalue weighted by Crippen LogP contribution is -2.44. The van der Waals surface area contributed by atoms with Crippen molar-refractivity contribution in [3.8, 4) is 11.8 Å². The van der Waals surface area contributed by atoms with Crippen LogP contribution in [-0.4, -0.2) is 59.6 Å². The van der Waals surface area contributed by atoms with E-state index in [0.29, 0.717) is 4.57 Å². The number of Topliss-reactive ketones (excluding diaryl/α,β-unsaturated/α-hetero) is 1. The summed E-state index contributed by atoms with van der Waals surface area (Å²) >= 11 is 1.84. The molecule has 144 valence electrons. The molecule has 1 amide bonds. The molecular weight excluding hydrogens is 463 g/mol. The van der Waals surface area contributed by atoms with E-state index >= 15 is 0 Å². The molecular formula is C15H19IN2O8. The number of hydrogen-bond acceptors (Lipinski definition) is 6. The Morgan fingerprint density at radius 2 is 1.65 bits per heavy atom. The normalized spacial score (nSPS) is 13.0. The Kier molecular flexibility index (Phi) is 7.86. The van der Waals surface area contributed by atoms with Gasteiger partial charge in [0.1, 0.15) is 5.78 Å². The number of carboxylic acid groups (broad SMARTS) is 2. The number of nitrogens with one attached hydrogen (secondary N) is 1. The van der Waals surface area contributed by atoms with E-state index in [0.717, 1.165) is 12.1 Å². The first-order valence-electron chi connectivity index (χ1n) is 7.53. The van der Waals surface area contributed by atoms with Crippen molar-refractivity contribution in [2.45, 2.75) is 31.2 Å². The molecule has 11 heteroatoms. The van der Waals surface area contributed by atoms with E-state index in [9.17, 15) is 34.5 Å². The number of rotatable bonds is 11. The predicted octanol–water partition coefficient (Wildman–Crippen LogP) is 0.444. The van der Waals surface area contributed by atoms with Crippen LogP contribution in [0.2, 0.25) is 0 Å². The molecule has 0 fully saturated rings. The van der Waals surface area contributed by atoms with Crippen LogP contribution in [0.25, 0.3) is 0 Å². The highest BCUT2D eigenvalue weighted by Gasteiger charge is 2.45. The molecule has 0 aliphatic heterocycles. The van der Waals surface area contributed by atoms with Crippen molar-refractivity contribution in [1.29, 1.82) is 0 Å². The van der Waals surface area contributed by atoms with Crippen LogP contribution in [0.15, 0.2) is 12.1 Å². The number of carbonyl (C=O) groups is 4. The van der Waals surface area contributed by atoms with Crippen molar-refractivity contribution in [2.75, 3.05) is 11.0 Å². The van der Waals surface area contributed by atoms with E-state index in [2.05, 4.69) is 5.32 Å². The van der Waals surface area contributed by atoms with Gasteiger partial charge in [0.05, 0.1) is 4.43 Å². The largest absolute Gasteiger partial charge is 0.494 e. The monoisotopic (exact) mass is 482 g/mol. The Labute approximate surface area is 161 Å². The number of carboxylic acids is 2. The Morgan fingerprint density at radius 3 is 2.12 bits per heavy atom. The maximum Gasteiger partial charge on any atom is 0.330 e. The minimum absolute atomic E-state index is 0.00105. The van der Waals surface area contributed by atoms with Crippen LogP contribution in [-0.2, 0) is 24.7 Å². The lowest BCUT2D eigenvalue weighted by atomic mass is 9.86. The quantitative estimate of drug-likeness (QED) is 0.224. The van der Waals surface area contributed by atoms with E-state index in [1.165, 1.54) is 0 Å². The van der Waals surface area contributed by atoms with Gasteiger partial charge in [-0.25, -0.2) is 4.79 Å². The van der Waals surface area contributed by atoms with Crippen LogP contribution in [0, 0.1) is 0 Å². The fourth-order valence-corrected chi connectivity index (χ4v) is 2.80. The second-order valence-corrected chi connectivity index (χ2v) is 6.33. The van der Waals surface area contributed by atoms with Gasteiger partial charge in [-0.15, -0.1) is 0 Å². The van der Waals surface area contributed by atoms with Crippen LogP contribution in [0.3, 0.4) is 0 Å². The second kappa shape index (κ2) is 9.40. The average Bonchev–Trinajstić information content (AvgIpc) is 2.90. The highest BCUT2D eigenvalue weighted by atomic mass is 127. The van der Waals surface area contributed by atoms with Gasteiger partial charge in [-0.1, -0.05) is 22.6 Å². The van der Waals surface area contributed by atoms with Crippen molar-refractivity contribution >= 4 is 46.2 Å². The molecule has 0 aliphatic carbocycles. The van der Waals surface area contributed by atoms with Crippen LogP contribution < -0.4 is 5.32 Å². The summed E-state index contributed by atoms with van der Waals surface area (Å²) in [6.45, 7) is -0.00105. The number of halogens is 1. The highest BCUT2D eigenvalue weighted by Crippen LogP contribution is 2.37. The number of hydrogen-bond donors (Lipinski definition) is 5. The number of amides is 1. The van der Waals surface area contributed by atoms with Gasteiger partial charge in [0.25, 0.3) is 0 Å². The van der Waals surface area contributed by atoms with Gasteiger partial charge in [0.15, 0.2) is 17.3 Å². The summed E-state index contributed by atoms with van der Waals surface area (Å²) in [6.07, 6.45) is -1.96. The third kappa shape index (κ3) is 5.34. The zero-order valence-corrected chi connectivity index (χ0v) is 15.8. The van der Waals surface area contributed by atoms with Gasteiger partial charge in [-0.05, 0) is 6.42 Å². The molecule has 1 heterocycles. The summed E-state index contributed by atoms with van der Waals surface area (Å²) < 4.78 is 0.842. The number of aromatic nitrogens is 1. The van der Waals surface area contributed by atoms with Gasteiger partial charge in [0, 0.05) is 37.9 Å². The Bertz CT molecular complexity index is 682. The van der Waals surface area contributed by atoms with Crippen molar-refractivity contribution in [1.82, 2.24) is 9.88 Å². The molecule has 0 radical (unpaired) electrons. The van der Waals surface area contributed by atoms with E-state index in [1.807, 2.05) is 22.6 Å². The second-order valence-electron chi connectivity index (χ2n) is 5.56. The van der Waals surface area contributed by atoms with Crippen molar-refractivity contribution in [2.24, 2.45) is 0 Å². The molecule has 0 saturated heterocycles. The molecule has 1 atom stereocenters. The summed E-state index contributed by atoms with van der Waals surface area (Å²) in [5.74, 6) is -4.93. The minimum Gasteiger partial charge on any atom is -0.494 e. The fourth-order valence-electron chi connectivity index (χ4n) is 2.53. The first kappa shape index (κ1) is 21.7. The molecule has 10 nitrogen and oxygen atoms in total. The molecule has 1 unspecified atom stereocenters. The zero-order valence-electron chi connectivity index (χ0n) is 13.6. The van der Waals surface area contributed by atoms with Crippen molar-refractivity contribution in [3.05, 3.63) is 12.1 Å². The molecule has 1 rings (SSSR count). The van der Waals surface area contributed by atoms with E-state index < -0.39 is 54.3 Å². The third-order valence-electron chi connectivity index (χ3n) is 3.76. The number of nitrogens with zero attached hydrogens (tertiary/aromatic N) is 1. The molecule has 26 heavy (non-hydrogen) atoms. The average molecular weight is 482 g/mol. The number of ketones is 1. The maximum atomic E-state index is 12.3. The smallest absolute Gasteiger partial charge is 0.330 e. The minimum atomic E-state index is -2.17. The van der Waals surface area contributed by atoms with Gasteiger partial charge in [0.2, 0.25) is 5.91 Å². The van der Waals surface area contributed by atoms with Gasteiger partial charge < -0.3 is 25.7 Å². The lowest BCUT2D eigenvalue weighted by Gasteiger charge is -2.31. The molecule has 1 aromatic rings. The number of aliphatic carboxylic acids is 2. The molecule has 0 aromatic carbocycles. The van der Waals surface area contributed by atoms with Crippen molar-refractivity contribution < 1.29 is 39.6 Å². The van der Waals surface area contributed by atoms with E-state index in [1.54, 1.807) is 0 Å². The summed E-state index contributed by atoms with van der Waals surface area (Å²) in [5.41, 5.74) is -2.17. The highest BCUT2D eigenvalue weighted by molar-refractivity contribution is 14.1. The Hall–Kier alpha value is -2.31. The molecule has 0 aliphatic rings. The molecule has 0 spiro atoms. The first-order chi connectivity index (χ1) is 12.1.